The van der Waals surface area contributed by atoms with E-state index in [1.165, 1.54) is 6.92 Å². The average molecular weight is 633 g/mol. The highest BCUT2D eigenvalue weighted by Crippen LogP contribution is 2.50. The van der Waals surface area contributed by atoms with Crippen LogP contribution in [0.15, 0.2) is 6.07 Å². The molecule has 3 aromatic rings. The second-order valence-electron chi connectivity index (χ2n) is 13.1. The number of alkyl halides is 3. The fraction of sp³-hybridized carbons (Fsp3) is 0.548. The second-order valence-corrected chi connectivity index (χ2v) is 13.1. The predicted molar refractivity (Wildman–Crippen MR) is 159 cm³/mol. The molecule has 45 heavy (non-hydrogen) atoms. The van der Waals surface area contributed by atoms with Gasteiger partial charge in [0.05, 0.1) is 40.9 Å². The third-order valence-electron chi connectivity index (χ3n) is 9.00. The Morgan fingerprint density at radius 1 is 1.11 bits per heavy atom. The molecule has 0 unspecified atom stereocenters. The molecule has 3 aliphatic rings. The lowest BCUT2D eigenvalue weighted by Gasteiger charge is -2.52. The number of piperazine rings is 1. The van der Waals surface area contributed by atoms with E-state index in [0.29, 0.717) is 29.9 Å². The van der Waals surface area contributed by atoms with Gasteiger partial charge in [0.2, 0.25) is 5.88 Å². The SMILES string of the molecule is COC[C@@]12CC[C@@H]([C@H]3COc4nc(-c5cc(N)nc(C)c5C(F)(F)F)c(F)c5c(C)c(C)nc(c45)N3C1)N2C(=O)OC(C)(C)C. The molecule has 2 N–H and O–H groups in total. The molecule has 10 nitrogen and oxygen atoms in total. The molecule has 3 aromatic heterocycles. The van der Waals surface area contributed by atoms with Crippen LogP contribution in [0.25, 0.3) is 22.0 Å². The standard InChI is InChI=1S/C31H36F4N6O4/c1-14-15(2)38-26-22-21(14)24(32)25(17-10-20(36)37-16(3)23(17)31(33,34)35)39-27(22)44-11-19-18-8-9-30(13-43-7,12-40(19)26)41(18)28(42)45-29(4,5)6/h10,18-19H,8-9,11-13H2,1-7H3,(H2,36,37)/t18-,19+,30+/m0/s1. The van der Waals surface area contributed by atoms with Gasteiger partial charge in [-0.2, -0.15) is 13.2 Å². The fourth-order valence-electron chi connectivity index (χ4n) is 7.19. The highest BCUT2D eigenvalue weighted by atomic mass is 19.4. The molecule has 0 spiro atoms. The van der Waals surface area contributed by atoms with Crippen LogP contribution in [0.2, 0.25) is 0 Å². The molecule has 3 atom stereocenters. The van der Waals surface area contributed by atoms with Gasteiger partial charge in [-0.3, -0.25) is 4.90 Å². The van der Waals surface area contributed by atoms with E-state index in [1.54, 1.807) is 46.6 Å². The first-order valence-corrected chi connectivity index (χ1v) is 14.7. The molecule has 0 aromatic carbocycles. The van der Waals surface area contributed by atoms with Crippen LogP contribution in [0.4, 0.5) is 34.0 Å². The number of ether oxygens (including phenoxy) is 3. The second kappa shape index (κ2) is 10.3. The zero-order valence-electron chi connectivity index (χ0n) is 26.2. The summed E-state index contributed by atoms with van der Waals surface area (Å²) in [6.07, 6.45) is -4.08. The molecule has 0 aliphatic carbocycles. The zero-order chi connectivity index (χ0) is 32.8. The lowest BCUT2D eigenvalue weighted by atomic mass is 9.93. The van der Waals surface area contributed by atoms with Crippen molar-refractivity contribution in [3.05, 3.63) is 34.4 Å². The summed E-state index contributed by atoms with van der Waals surface area (Å²) in [6.45, 7) is 10.5. The average Bonchev–Trinajstić information content (AvgIpc) is 3.10. The van der Waals surface area contributed by atoms with Crippen LogP contribution < -0.4 is 15.4 Å². The van der Waals surface area contributed by atoms with Gasteiger partial charge in [0.25, 0.3) is 0 Å². The Bertz CT molecular complexity index is 1730. The highest BCUT2D eigenvalue weighted by molar-refractivity contribution is 6.01. The molecular weight excluding hydrogens is 596 g/mol. The number of aromatic nitrogens is 3. The van der Waals surface area contributed by atoms with E-state index in [4.69, 9.17) is 24.9 Å². The van der Waals surface area contributed by atoms with Crippen LogP contribution in [0.5, 0.6) is 5.88 Å². The van der Waals surface area contributed by atoms with Crippen molar-refractivity contribution in [3.8, 4) is 17.1 Å². The molecule has 0 saturated carbocycles. The summed E-state index contributed by atoms with van der Waals surface area (Å²) in [6, 6.07) is 0.171. The number of fused-ring (bicyclic) bond motifs is 5. The topological polar surface area (TPSA) is 116 Å². The Labute approximate surface area is 257 Å². The Hall–Kier alpha value is -3.94. The number of rotatable bonds is 3. The van der Waals surface area contributed by atoms with Gasteiger partial charge in [-0.1, -0.05) is 0 Å². The van der Waals surface area contributed by atoms with E-state index < -0.39 is 57.8 Å². The number of carbonyl (C=O) groups is 1. The number of carbonyl (C=O) groups excluding carboxylic acids is 1. The molecule has 2 bridgehead atoms. The minimum absolute atomic E-state index is 0.0122. The largest absolute Gasteiger partial charge is 0.475 e. The number of hydrogen-bond acceptors (Lipinski definition) is 9. The van der Waals surface area contributed by atoms with E-state index in [9.17, 15) is 18.0 Å². The molecule has 242 valence electrons. The van der Waals surface area contributed by atoms with Gasteiger partial charge in [-0.15, -0.1) is 0 Å². The van der Waals surface area contributed by atoms with Crippen molar-refractivity contribution in [3.63, 3.8) is 0 Å². The first-order chi connectivity index (χ1) is 21.0. The minimum Gasteiger partial charge on any atom is -0.475 e. The number of hydrogen-bond donors (Lipinski definition) is 1. The van der Waals surface area contributed by atoms with Crippen LogP contribution in [-0.4, -0.2) is 76.0 Å². The summed E-state index contributed by atoms with van der Waals surface area (Å²) in [7, 11) is 1.57. The van der Waals surface area contributed by atoms with E-state index in [-0.39, 0.29) is 48.3 Å². The zero-order valence-corrected chi connectivity index (χ0v) is 26.2. The summed E-state index contributed by atoms with van der Waals surface area (Å²) >= 11 is 0. The van der Waals surface area contributed by atoms with Gasteiger partial charge in [0.1, 0.15) is 29.5 Å². The first-order valence-electron chi connectivity index (χ1n) is 14.7. The molecular formula is C31H36F4N6O4. The number of nitrogens with two attached hydrogens (primary N) is 1. The summed E-state index contributed by atoms with van der Waals surface area (Å²) in [5, 5.41) is 0.314. The normalized spacial score (nSPS) is 22.7. The summed E-state index contributed by atoms with van der Waals surface area (Å²) in [5.41, 5.74) is 2.68. The molecule has 1 amide bonds. The lowest BCUT2D eigenvalue weighted by molar-refractivity contribution is -0.137. The van der Waals surface area contributed by atoms with Crippen LogP contribution >= 0.6 is 0 Å². The van der Waals surface area contributed by atoms with Gasteiger partial charge in [-0.25, -0.2) is 24.1 Å². The van der Waals surface area contributed by atoms with Gasteiger partial charge < -0.3 is 24.8 Å². The quantitative estimate of drug-likeness (QED) is 0.362. The van der Waals surface area contributed by atoms with Gasteiger partial charge in [-0.05, 0) is 66.0 Å². The summed E-state index contributed by atoms with van der Waals surface area (Å²) in [4.78, 5) is 30.4. The van der Waals surface area contributed by atoms with Crippen molar-refractivity contribution in [2.75, 3.05) is 37.5 Å². The van der Waals surface area contributed by atoms with Crippen LogP contribution in [0.1, 0.15) is 56.1 Å². The first kappa shape index (κ1) is 31.1. The van der Waals surface area contributed by atoms with Gasteiger partial charge in [0, 0.05) is 30.3 Å². The minimum atomic E-state index is -4.85. The van der Waals surface area contributed by atoms with Crippen LogP contribution in [0.3, 0.4) is 0 Å². The molecule has 6 rings (SSSR count). The maximum Gasteiger partial charge on any atom is 0.418 e. The van der Waals surface area contributed by atoms with Crippen molar-refractivity contribution in [2.24, 2.45) is 0 Å². The monoisotopic (exact) mass is 632 g/mol. The Kier molecular flexibility index (Phi) is 7.10. The maximum absolute atomic E-state index is 16.7. The number of aryl methyl sites for hydroxylation is 3. The lowest BCUT2D eigenvalue weighted by Crippen LogP contribution is -2.70. The third-order valence-corrected chi connectivity index (χ3v) is 9.00. The number of amides is 1. The summed E-state index contributed by atoms with van der Waals surface area (Å²) < 4.78 is 77.3. The fourth-order valence-corrected chi connectivity index (χ4v) is 7.19. The van der Waals surface area contributed by atoms with Crippen molar-refractivity contribution >= 4 is 28.5 Å². The predicted octanol–water partition coefficient (Wildman–Crippen LogP) is 5.72. The van der Waals surface area contributed by atoms with Crippen molar-refractivity contribution in [1.82, 2.24) is 19.9 Å². The Morgan fingerprint density at radius 3 is 2.47 bits per heavy atom. The Morgan fingerprint density at radius 2 is 1.82 bits per heavy atom. The molecule has 6 heterocycles. The highest BCUT2D eigenvalue weighted by Gasteiger charge is 2.59. The molecule has 0 radical (unpaired) electrons. The third kappa shape index (κ3) is 4.88. The number of methoxy groups -OCH3 is 1. The number of nitrogen functional groups attached to an aromatic ring is 1. The van der Waals surface area contributed by atoms with E-state index in [1.807, 2.05) is 4.90 Å². The van der Waals surface area contributed by atoms with Crippen molar-refractivity contribution in [2.45, 2.75) is 83.8 Å². The maximum atomic E-state index is 16.7. The number of halogens is 4. The molecule has 3 aliphatic heterocycles. The van der Waals surface area contributed by atoms with Crippen LogP contribution in [-0.2, 0) is 15.7 Å². The van der Waals surface area contributed by atoms with E-state index in [2.05, 4.69) is 9.97 Å². The van der Waals surface area contributed by atoms with Gasteiger partial charge >= 0.3 is 12.3 Å². The Balaban J connectivity index is 1.57. The summed E-state index contributed by atoms with van der Waals surface area (Å²) in [5.74, 6) is -0.812. The van der Waals surface area contributed by atoms with E-state index in [0.717, 1.165) is 6.07 Å². The van der Waals surface area contributed by atoms with Crippen molar-refractivity contribution < 1.29 is 36.6 Å². The van der Waals surface area contributed by atoms with Crippen LogP contribution in [0, 0.1) is 26.6 Å². The number of anilines is 2. The molecule has 14 heteroatoms. The number of nitrogens with zero attached hydrogens (tertiary/aromatic N) is 5. The number of pyridine rings is 3. The van der Waals surface area contributed by atoms with Crippen molar-refractivity contribution in [1.29, 1.82) is 0 Å². The molecule has 2 fully saturated rings. The van der Waals surface area contributed by atoms with Gasteiger partial charge in [0.15, 0.2) is 5.82 Å². The molecule has 2 saturated heterocycles. The van der Waals surface area contributed by atoms with E-state index >= 15 is 4.39 Å². The smallest absolute Gasteiger partial charge is 0.418 e.